The molecule has 2 rings (SSSR count). The van der Waals surface area contributed by atoms with E-state index in [-0.39, 0.29) is 17.7 Å². The molecule has 1 fully saturated rings. The third-order valence-electron chi connectivity index (χ3n) is 3.74. The number of aromatic carboxylic acids is 1. The lowest BCUT2D eigenvalue weighted by Gasteiger charge is -2.18. The second-order valence-electron chi connectivity index (χ2n) is 6.24. The molecule has 23 heavy (non-hydrogen) atoms. The van der Waals surface area contributed by atoms with Crippen LogP contribution < -0.4 is 5.32 Å². The van der Waals surface area contributed by atoms with E-state index in [1.54, 1.807) is 17.0 Å². The summed E-state index contributed by atoms with van der Waals surface area (Å²) < 4.78 is 5.77. The second kappa shape index (κ2) is 7.97. The lowest BCUT2D eigenvalue weighted by molar-refractivity contribution is 0.0436. The van der Waals surface area contributed by atoms with Gasteiger partial charge in [0, 0.05) is 26.2 Å². The summed E-state index contributed by atoms with van der Waals surface area (Å²) in [6.07, 6.45) is 0.992. The highest BCUT2D eigenvalue weighted by Crippen LogP contribution is 2.14. The maximum Gasteiger partial charge on any atom is 0.335 e. The molecule has 6 heteroatoms. The SMILES string of the molecule is CC(C)COC1CCN(C(=O)NCc2ccc(C(=O)O)cc2)C1. The zero-order chi connectivity index (χ0) is 16.8. The van der Waals surface area contributed by atoms with Gasteiger partial charge in [-0.05, 0) is 30.0 Å². The van der Waals surface area contributed by atoms with Gasteiger partial charge in [0.2, 0.25) is 0 Å². The van der Waals surface area contributed by atoms with Crippen molar-refractivity contribution in [3.05, 3.63) is 35.4 Å². The van der Waals surface area contributed by atoms with Crippen molar-refractivity contribution in [2.75, 3.05) is 19.7 Å². The second-order valence-corrected chi connectivity index (χ2v) is 6.24. The van der Waals surface area contributed by atoms with Crippen molar-refractivity contribution in [1.82, 2.24) is 10.2 Å². The van der Waals surface area contributed by atoms with E-state index in [4.69, 9.17) is 9.84 Å². The van der Waals surface area contributed by atoms with Crippen molar-refractivity contribution in [2.24, 2.45) is 5.92 Å². The van der Waals surface area contributed by atoms with Gasteiger partial charge < -0.3 is 20.1 Å². The Morgan fingerprint density at radius 3 is 2.65 bits per heavy atom. The van der Waals surface area contributed by atoms with Crippen molar-refractivity contribution >= 4 is 12.0 Å². The van der Waals surface area contributed by atoms with Crippen molar-refractivity contribution < 1.29 is 19.4 Å². The quantitative estimate of drug-likeness (QED) is 0.843. The molecule has 0 saturated carbocycles. The molecule has 1 heterocycles. The first-order valence-corrected chi connectivity index (χ1v) is 7.92. The Labute approximate surface area is 136 Å². The molecule has 126 valence electrons. The molecule has 1 aliphatic rings. The molecule has 1 aliphatic heterocycles. The Kier molecular flexibility index (Phi) is 5.98. The summed E-state index contributed by atoms with van der Waals surface area (Å²) in [5.41, 5.74) is 1.11. The standard InChI is InChI=1S/C17H24N2O4/c1-12(2)11-23-15-7-8-19(10-15)17(22)18-9-13-3-5-14(6-4-13)16(20)21/h3-6,12,15H,7-11H2,1-2H3,(H,18,22)(H,20,21). The van der Waals surface area contributed by atoms with Crippen LogP contribution in [-0.4, -0.2) is 47.8 Å². The average molecular weight is 320 g/mol. The number of carbonyl (C=O) groups is 2. The first-order valence-electron chi connectivity index (χ1n) is 7.92. The van der Waals surface area contributed by atoms with E-state index < -0.39 is 5.97 Å². The molecule has 6 nitrogen and oxygen atoms in total. The third-order valence-corrected chi connectivity index (χ3v) is 3.74. The fourth-order valence-corrected chi connectivity index (χ4v) is 2.43. The minimum Gasteiger partial charge on any atom is -0.478 e. The number of carboxylic acid groups (broad SMARTS) is 1. The smallest absolute Gasteiger partial charge is 0.335 e. The van der Waals surface area contributed by atoms with Gasteiger partial charge in [0.15, 0.2) is 0 Å². The largest absolute Gasteiger partial charge is 0.478 e. The van der Waals surface area contributed by atoms with Crippen molar-refractivity contribution in [3.63, 3.8) is 0 Å². The van der Waals surface area contributed by atoms with Gasteiger partial charge in [-0.3, -0.25) is 0 Å². The molecule has 0 bridgehead atoms. The summed E-state index contributed by atoms with van der Waals surface area (Å²) in [6.45, 7) is 6.63. The highest BCUT2D eigenvalue weighted by Gasteiger charge is 2.26. The van der Waals surface area contributed by atoms with Crippen LogP contribution in [0.1, 0.15) is 36.2 Å². The third kappa shape index (κ3) is 5.25. The van der Waals surface area contributed by atoms with Crippen LogP contribution in [0, 0.1) is 5.92 Å². The molecule has 0 radical (unpaired) electrons. The number of ether oxygens (including phenoxy) is 1. The normalized spacial score (nSPS) is 17.5. The van der Waals surface area contributed by atoms with E-state index in [2.05, 4.69) is 19.2 Å². The molecule has 1 aromatic rings. The van der Waals surface area contributed by atoms with Crippen molar-refractivity contribution in [2.45, 2.75) is 32.9 Å². The highest BCUT2D eigenvalue weighted by atomic mass is 16.5. The molecule has 0 aliphatic carbocycles. The number of nitrogens with one attached hydrogen (secondary N) is 1. The van der Waals surface area contributed by atoms with Crippen molar-refractivity contribution in [3.8, 4) is 0 Å². The Balaban J connectivity index is 1.76. The summed E-state index contributed by atoms with van der Waals surface area (Å²) in [4.78, 5) is 24.7. The van der Waals surface area contributed by atoms with Crippen LogP contribution >= 0.6 is 0 Å². The molecule has 1 unspecified atom stereocenters. The fraction of sp³-hybridized carbons (Fsp3) is 0.529. The molecular formula is C17H24N2O4. The minimum atomic E-state index is -0.954. The lowest BCUT2D eigenvalue weighted by atomic mass is 10.1. The summed E-state index contributed by atoms with van der Waals surface area (Å²) in [5, 5.41) is 11.7. The van der Waals surface area contributed by atoms with Crippen LogP contribution in [0.5, 0.6) is 0 Å². The van der Waals surface area contributed by atoms with Crippen LogP contribution in [0.15, 0.2) is 24.3 Å². The molecule has 2 amide bonds. The monoisotopic (exact) mass is 320 g/mol. The zero-order valence-corrected chi connectivity index (χ0v) is 13.6. The van der Waals surface area contributed by atoms with Gasteiger partial charge in [-0.15, -0.1) is 0 Å². The number of urea groups is 1. The Morgan fingerprint density at radius 2 is 2.04 bits per heavy atom. The van der Waals surface area contributed by atoms with Gasteiger partial charge in [-0.2, -0.15) is 0 Å². The molecular weight excluding hydrogens is 296 g/mol. The summed E-state index contributed by atoms with van der Waals surface area (Å²) in [5.74, 6) is -0.461. The molecule has 0 spiro atoms. The summed E-state index contributed by atoms with van der Waals surface area (Å²) in [6, 6.07) is 6.39. The number of carbonyl (C=O) groups excluding carboxylic acids is 1. The van der Waals surface area contributed by atoms with Crippen LogP contribution in [-0.2, 0) is 11.3 Å². The van der Waals surface area contributed by atoms with E-state index in [0.717, 1.165) is 18.6 Å². The number of hydrogen-bond donors (Lipinski definition) is 2. The van der Waals surface area contributed by atoms with Gasteiger partial charge in [0.1, 0.15) is 0 Å². The molecule has 2 N–H and O–H groups in total. The van der Waals surface area contributed by atoms with Crippen LogP contribution in [0.2, 0.25) is 0 Å². The first kappa shape index (κ1) is 17.3. The van der Waals surface area contributed by atoms with Gasteiger partial charge in [0.05, 0.1) is 11.7 Å². The lowest BCUT2D eigenvalue weighted by Crippen LogP contribution is -2.38. The van der Waals surface area contributed by atoms with Crippen LogP contribution in [0.3, 0.4) is 0 Å². The number of nitrogens with zero attached hydrogens (tertiary/aromatic N) is 1. The molecule has 0 aromatic heterocycles. The number of likely N-dealkylation sites (tertiary alicyclic amines) is 1. The predicted octanol–water partition coefficient (Wildman–Crippen LogP) is 2.34. The van der Waals surface area contributed by atoms with E-state index in [1.807, 2.05) is 0 Å². The molecule has 1 atom stereocenters. The van der Waals surface area contributed by atoms with Gasteiger partial charge in [-0.25, -0.2) is 9.59 Å². The number of hydrogen-bond acceptors (Lipinski definition) is 3. The van der Waals surface area contributed by atoms with E-state index >= 15 is 0 Å². The number of amides is 2. The average Bonchev–Trinajstić information content (AvgIpc) is 3.00. The predicted molar refractivity (Wildman–Crippen MR) is 86.4 cm³/mol. The van der Waals surface area contributed by atoms with Crippen LogP contribution in [0.25, 0.3) is 0 Å². The molecule has 1 aromatic carbocycles. The molecule has 1 saturated heterocycles. The fourth-order valence-electron chi connectivity index (χ4n) is 2.43. The number of carboxylic acids is 1. The minimum absolute atomic E-state index is 0.108. The van der Waals surface area contributed by atoms with Gasteiger partial charge >= 0.3 is 12.0 Å². The first-order chi connectivity index (χ1) is 11.0. The Morgan fingerprint density at radius 1 is 1.35 bits per heavy atom. The van der Waals surface area contributed by atoms with Crippen LogP contribution in [0.4, 0.5) is 4.79 Å². The number of rotatable bonds is 6. The summed E-state index contributed by atoms with van der Waals surface area (Å²) in [7, 11) is 0. The van der Waals surface area contributed by atoms with E-state index in [9.17, 15) is 9.59 Å². The summed E-state index contributed by atoms with van der Waals surface area (Å²) >= 11 is 0. The van der Waals surface area contributed by atoms with Crippen molar-refractivity contribution in [1.29, 1.82) is 0 Å². The maximum absolute atomic E-state index is 12.1. The Hall–Kier alpha value is -2.08. The van der Waals surface area contributed by atoms with E-state index in [0.29, 0.717) is 25.6 Å². The maximum atomic E-state index is 12.1. The zero-order valence-electron chi connectivity index (χ0n) is 13.6. The van der Waals surface area contributed by atoms with Gasteiger partial charge in [0.25, 0.3) is 0 Å². The highest BCUT2D eigenvalue weighted by molar-refractivity contribution is 5.87. The van der Waals surface area contributed by atoms with Gasteiger partial charge in [-0.1, -0.05) is 26.0 Å². The van der Waals surface area contributed by atoms with E-state index in [1.165, 1.54) is 12.1 Å². The Bertz CT molecular complexity index is 542. The number of benzene rings is 1. The topological polar surface area (TPSA) is 78.9 Å².